The Hall–Kier alpha value is -2.50. The molecule has 37 heavy (non-hydrogen) atoms. The van der Waals surface area contributed by atoms with Crippen molar-refractivity contribution in [1.82, 2.24) is 9.55 Å². The molecular formula is C23H29ClFN2O9P. The van der Waals surface area contributed by atoms with Crippen molar-refractivity contribution in [1.29, 1.82) is 0 Å². The molecule has 0 saturated carbocycles. The van der Waals surface area contributed by atoms with E-state index in [1.54, 1.807) is 32.0 Å². The topological polar surface area (TPSA) is 146 Å². The van der Waals surface area contributed by atoms with Crippen LogP contribution in [0.25, 0.3) is 0 Å². The summed E-state index contributed by atoms with van der Waals surface area (Å²) in [6, 6.07) is 8.54. The Morgan fingerprint density at radius 2 is 2.00 bits per heavy atom. The molecular weight excluding hydrogens is 534 g/mol. The number of halogens is 2. The van der Waals surface area contributed by atoms with Crippen LogP contribution in [0.15, 0.2) is 52.2 Å². The van der Waals surface area contributed by atoms with Gasteiger partial charge in [0, 0.05) is 12.3 Å². The molecule has 0 aliphatic carbocycles. The van der Waals surface area contributed by atoms with E-state index in [1.165, 1.54) is 19.1 Å². The van der Waals surface area contributed by atoms with Crippen molar-refractivity contribution in [3.8, 4) is 5.75 Å². The standard InChI is InChI=1S/C23H29ClFN2O9P/c1-14(2)34-20(30)15(3)12-37(32,36-16-7-5-4-6-8-16)33-11-17-19(29)23(24,13-25)21(35-17)27-10-9-18(28)26-22(27)31/h4-10,14-15,17,19,21,29H,11-13H2,1-3H3,(H,26,28,31)/t15-,17-,19+,21-,23?,37-/m1/s1/i11D2. The lowest BCUT2D eigenvalue weighted by molar-refractivity contribution is -0.151. The monoisotopic (exact) mass is 564 g/mol. The van der Waals surface area contributed by atoms with Gasteiger partial charge in [-0.1, -0.05) is 25.1 Å². The van der Waals surface area contributed by atoms with Crippen LogP contribution in [-0.4, -0.2) is 63.2 Å². The number of rotatable bonds is 11. The summed E-state index contributed by atoms with van der Waals surface area (Å²) in [5.41, 5.74) is -1.83. The second-order valence-electron chi connectivity index (χ2n) is 8.73. The fourth-order valence-corrected chi connectivity index (χ4v) is 5.48. The number of nitrogens with zero attached hydrogens (tertiary/aromatic N) is 1. The number of H-pyrrole nitrogens is 1. The van der Waals surface area contributed by atoms with Crippen molar-refractivity contribution in [2.75, 3.05) is 19.4 Å². The zero-order valence-corrected chi connectivity index (χ0v) is 21.9. The molecule has 0 amide bonds. The number of aromatic amines is 1. The average molecular weight is 565 g/mol. The van der Waals surface area contributed by atoms with Gasteiger partial charge < -0.3 is 19.1 Å². The number of hydrogen-bond acceptors (Lipinski definition) is 9. The van der Waals surface area contributed by atoms with Crippen LogP contribution in [0.3, 0.4) is 0 Å². The number of aliphatic hydroxyl groups excluding tert-OH is 1. The van der Waals surface area contributed by atoms with Crippen LogP contribution in [0.1, 0.15) is 29.7 Å². The summed E-state index contributed by atoms with van der Waals surface area (Å²) in [4.78, 5) is 35.7. The second kappa shape index (κ2) is 11.9. The number of esters is 1. The molecule has 1 aliphatic rings. The van der Waals surface area contributed by atoms with E-state index >= 15 is 0 Å². The summed E-state index contributed by atoms with van der Waals surface area (Å²) in [6.45, 7) is -0.0365. The number of alkyl halides is 2. The molecule has 0 spiro atoms. The van der Waals surface area contributed by atoms with Gasteiger partial charge in [0.25, 0.3) is 5.56 Å². The van der Waals surface area contributed by atoms with E-state index in [4.69, 9.17) is 32.9 Å². The number of ether oxygens (including phenoxy) is 2. The molecule has 6 atom stereocenters. The third-order valence-corrected chi connectivity index (χ3v) is 7.70. The number of carbonyl (C=O) groups is 1. The first-order valence-corrected chi connectivity index (χ1v) is 13.4. The van der Waals surface area contributed by atoms with Crippen LogP contribution in [0.2, 0.25) is 0 Å². The van der Waals surface area contributed by atoms with Crippen molar-refractivity contribution in [2.24, 2.45) is 5.92 Å². The predicted octanol–water partition coefficient (Wildman–Crippen LogP) is 2.62. The third kappa shape index (κ3) is 6.88. The molecule has 14 heteroatoms. The van der Waals surface area contributed by atoms with Crippen molar-refractivity contribution in [2.45, 2.75) is 50.2 Å². The van der Waals surface area contributed by atoms with E-state index < -0.39 is 79.5 Å². The maximum atomic E-state index is 14.2. The van der Waals surface area contributed by atoms with Crippen LogP contribution >= 0.6 is 19.2 Å². The molecule has 2 aromatic rings. The fraction of sp³-hybridized carbons (Fsp3) is 0.522. The molecule has 2 N–H and O–H groups in total. The molecule has 1 aliphatic heterocycles. The summed E-state index contributed by atoms with van der Waals surface area (Å²) < 4.78 is 67.2. The summed E-state index contributed by atoms with van der Waals surface area (Å²) in [5, 5.41) is 10.9. The molecule has 0 bridgehead atoms. The van der Waals surface area contributed by atoms with E-state index in [1.807, 2.05) is 4.98 Å². The van der Waals surface area contributed by atoms with E-state index in [2.05, 4.69) is 0 Å². The van der Waals surface area contributed by atoms with E-state index in [9.17, 15) is 28.4 Å². The summed E-state index contributed by atoms with van der Waals surface area (Å²) in [5.74, 6) is -1.78. The zero-order valence-electron chi connectivity index (χ0n) is 22.2. The largest absolute Gasteiger partial charge is 0.463 e. The second-order valence-corrected chi connectivity index (χ2v) is 11.4. The quantitative estimate of drug-likeness (QED) is 0.239. The van der Waals surface area contributed by atoms with Gasteiger partial charge in [-0.15, -0.1) is 11.6 Å². The van der Waals surface area contributed by atoms with Gasteiger partial charge in [0.2, 0.25) is 0 Å². The van der Waals surface area contributed by atoms with E-state index in [-0.39, 0.29) is 5.75 Å². The molecule has 1 fully saturated rings. The van der Waals surface area contributed by atoms with Gasteiger partial charge in [0.1, 0.15) is 29.5 Å². The normalized spacial score (nSPS) is 27.2. The molecule has 3 rings (SSSR count). The van der Waals surface area contributed by atoms with Crippen molar-refractivity contribution >= 4 is 25.2 Å². The molecule has 1 saturated heterocycles. The predicted molar refractivity (Wildman–Crippen MR) is 132 cm³/mol. The number of carbonyl (C=O) groups excluding carboxylic acids is 1. The Kier molecular flexibility index (Phi) is 8.41. The lowest BCUT2D eigenvalue weighted by atomic mass is 10.00. The van der Waals surface area contributed by atoms with Crippen LogP contribution in [0, 0.1) is 5.92 Å². The number of hydrogen-bond donors (Lipinski definition) is 2. The summed E-state index contributed by atoms with van der Waals surface area (Å²) in [7, 11) is -4.57. The SMILES string of the molecule is [2H]C([2H])(O[P@](=O)(C[C@@H](C)C(=O)OC(C)C)Oc1ccccc1)[C@H]1O[C@@H](n2ccc(=O)[nH]c2=O)C(Cl)(CF)[C@H]1O. The smallest absolute Gasteiger partial charge is 0.380 e. The number of nitrogens with one attached hydrogen (secondary N) is 1. The van der Waals surface area contributed by atoms with Crippen LogP contribution in [0.4, 0.5) is 4.39 Å². The van der Waals surface area contributed by atoms with Gasteiger partial charge in [-0.05, 0) is 26.0 Å². The van der Waals surface area contributed by atoms with Crippen molar-refractivity contribution < 1.29 is 40.1 Å². The minimum absolute atomic E-state index is 0.0297. The Morgan fingerprint density at radius 1 is 1.32 bits per heavy atom. The first-order chi connectivity index (χ1) is 18.1. The van der Waals surface area contributed by atoms with Gasteiger partial charge in [0.05, 0.1) is 27.5 Å². The van der Waals surface area contributed by atoms with Gasteiger partial charge in [-0.3, -0.25) is 23.7 Å². The van der Waals surface area contributed by atoms with Crippen LogP contribution < -0.4 is 15.8 Å². The van der Waals surface area contributed by atoms with Crippen LogP contribution in [0.5, 0.6) is 5.75 Å². The molecule has 204 valence electrons. The van der Waals surface area contributed by atoms with E-state index in [0.717, 1.165) is 12.3 Å². The summed E-state index contributed by atoms with van der Waals surface area (Å²) in [6.07, 6.45) is -6.21. The number of aromatic nitrogens is 2. The molecule has 1 aromatic heterocycles. The Bertz CT molecular complexity index is 1330. The third-order valence-electron chi connectivity index (χ3n) is 5.32. The van der Waals surface area contributed by atoms with Crippen molar-refractivity contribution in [3.63, 3.8) is 0 Å². The average Bonchev–Trinajstić information content (AvgIpc) is 3.10. The fourth-order valence-electron chi connectivity index (χ4n) is 3.50. The summed E-state index contributed by atoms with van der Waals surface area (Å²) >= 11 is 6.31. The molecule has 1 aromatic carbocycles. The first kappa shape index (κ1) is 26.1. The zero-order chi connectivity index (χ0) is 29.2. The van der Waals surface area contributed by atoms with Crippen LogP contribution in [-0.2, 0) is 23.4 Å². The van der Waals surface area contributed by atoms with Gasteiger partial charge in [0.15, 0.2) is 6.23 Å². The van der Waals surface area contributed by atoms with Gasteiger partial charge in [-0.2, -0.15) is 0 Å². The molecule has 1 unspecified atom stereocenters. The number of para-hydroxylation sites is 1. The Labute approximate surface area is 219 Å². The lowest BCUT2D eigenvalue weighted by Crippen LogP contribution is -2.46. The highest BCUT2D eigenvalue weighted by atomic mass is 35.5. The molecule has 11 nitrogen and oxygen atoms in total. The maximum Gasteiger partial charge on any atom is 0.380 e. The highest BCUT2D eigenvalue weighted by Crippen LogP contribution is 2.51. The Morgan fingerprint density at radius 3 is 2.59 bits per heavy atom. The number of benzene rings is 1. The minimum Gasteiger partial charge on any atom is -0.463 e. The molecule has 0 radical (unpaired) electrons. The minimum atomic E-state index is -4.57. The van der Waals surface area contributed by atoms with Crippen molar-refractivity contribution in [3.05, 3.63) is 63.4 Å². The Balaban J connectivity index is 1.96. The first-order valence-electron chi connectivity index (χ1n) is 12.3. The van der Waals surface area contributed by atoms with Gasteiger partial charge >= 0.3 is 19.3 Å². The lowest BCUT2D eigenvalue weighted by Gasteiger charge is -2.27. The van der Waals surface area contributed by atoms with E-state index in [0.29, 0.717) is 4.57 Å². The number of aliphatic hydroxyl groups is 1. The van der Waals surface area contributed by atoms with Gasteiger partial charge in [-0.25, -0.2) is 13.8 Å². The highest BCUT2D eigenvalue weighted by Gasteiger charge is 2.57. The molecule has 2 heterocycles. The maximum absolute atomic E-state index is 14.2. The highest BCUT2D eigenvalue weighted by molar-refractivity contribution is 7.54.